The van der Waals surface area contributed by atoms with Gasteiger partial charge < -0.3 is 10.1 Å². The summed E-state index contributed by atoms with van der Waals surface area (Å²) in [4.78, 5) is 25.8. The van der Waals surface area contributed by atoms with Crippen molar-refractivity contribution in [3.8, 4) is 0 Å². The van der Waals surface area contributed by atoms with Crippen LogP contribution in [0.2, 0.25) is 0 Å². The number of carbonyl (C=O) groups excluding carboxylic acids is 2. The van der Waals surface area contributed by atoms with Crippen molar-refractivity contribution >= 4 is 40.5 Å². The topological polar surface area (TPSA) is 55.4 Å². The first-order valence-corrected chi connectivity index (χ1v) is 10.2. The van der Waals surface area contributed by atoms with Crippen molar-refractivity contribution in [2.24, 2.45) is 0 Å². The number of benzene rings is 2. The van der Waals surface area contributed by atoms with Crippen molar-refractivity contribution in [3.63, 3.8) is 0 Å². The minimum absolute atomic E-state index is 0.344. The molecule has 1 heterocycles. The first-order chi connectivity index (χ1) is 13.9. The Morgan fingerprint density at radius 3 is 2.55 bits per heavy atom. The molecule has 4 nitrogen and oxygen atoms in total. The van der Waals surface area contributed by atoms with Crippen molar-refractivity contribution in [2.45, 2.75) is 20.8 Å². The van der Waals surface area contributed by atoms with Crippen LogP contribution in [-0.4, -0.2) is 18.5 Å². The highest BCUT2D eigenvalue weighted by Gasteiger charge is 2.17. The molecular formula is C24H23NO3S. The van der Waals surface area contributed by atoms with Crippen LogP contribution in [0.25, 0.3) is 11.6 Å². The number of nitrogens with one attached hydrogen (secondary N) is 1. The number of carbonyl (C=O) groups is 2. The van der Waals surface area contributed by atoms with Gasteiger partial charge in [0, 0.05) is 10.6 Å². The molecule has 0 spiro atoms. The molecule has 0 saturated carbocycles. The lowest BCUT2D eigenvalue weighted by molar-refractivity contribution is -0.141. The van der Waals surface area contributed by atoms with Crippen LogP contribution >= 0.6 is 11.3 Å². The maximum atomic E-state index is 12.7. The highest BCUT2D eigenvalue weighted by Crippen LogP contribution is 2.25. The summed E-state index contributed by atoms with van der Waals surface area (Å²) in [5, 5.41) is 4.71. The smallest absolute Gasteiger partial charge is 0.340 e. The Balaban J connectivity index is 1.72. The van der Waals surface area contributed by atoms with E-state index >= 15 is 0 Å². The average Bonchev–Trinajstić information content (AvgIpc) is 3.22. The Morgan fingerprint density at radius 2 is 1.83 bits per heavy atom. The summed E-state index contributed by atoms with van der Waals surface area (Å²) >= 11 is 1.45. The summed E-state index contributed by atoms with van der Waals surface area (Å²) in [6.07, 6.45) is 1.80. The molecule has 1 N–H and O–H groups in total. The Hall–Kier alpha value is -3.18. The van der Waals surface area contributed by atoms with Crippen LogP contribution < -0.4 is 5.32 Å². The van der Waals surface area contributed by atoms with Crippen molar-refractivity contribution < 1.29 is 14.3 Å². The maximum absolute atomic E-state index is 12.7. The van der Waals surface area contributed by atoms with Crippen molar-refractivity contribution in [3.05, 3.63) is 87.1 Å². The van der Waals surface area contributed by atoms with E-state index in [9.17, 15) is 9.59 Å². The Bertz CT molecular complexity index is 1050. The van der Waals surface area contributed by atoms with E-state index in [4.69, 9.17) is 4.74 Å². The van der Waals surface area contributed by atoms with Gasteiger partial charge in [0.2, 0.25) is 0 Å². The Labute approximate surface area is 174 Å². The fraction of sp³-hybridized carbons (Fsp3) is 0.167. The summed E-state index contributed by atoms with van der Waals surface area (Å²) in [5.74, 6) is -0.891. The molecule has 1 aromatic heterocycles. The van der Waals surface area contributed by atoms with Crippen LogP contribution in [-0.2, 0) is 14.3 Å². The minimum atomic E-state index is -0.523. The van der Waals surface area contributed by atoms with Gasteiger partial charge >= 0.3 is 5.97 Å². The molecule has 3 aromatic rings. The van der Waals surface area contributed by atoms with Crippen LogP contribution in [0.1, 0.15) is 27.1 Å². The fourth-order valence-corrected chi connectivity index (χ4v) is 3.60. The lowest BCUT2D eigenvalue weighted by Gasteiger charge is -2.11. The predicted octanol–water partition coefficient (Wildman–Crippen LogP) is 5.40. The van der Waals surface area contributed by atoms with Gasteiger partial charge in [-0.1, -0.05) is 48.0 Å². The first-order valence-electron chi connectivity index (χ1n) is 9.29. The molecule has 0 saturated heterocycles. The van der Waals surface area contributed by atoms with Crippen molar-refractivity contribution in [1.29, 1.82) is 0 Å². The third-order valence-corrected chi connectivity index (χ3v) is 5.48. The van der Waals surface area contributed by atoms with Gasteiger partial charge in [0.15, 0.2) is 6.61 Å². The molecule has 2 aromatic carbocycles. The highest BCUT2D eigenvalue weighted by atomic mass is 32.1. The summed E-state index contributed by atoms with van der Waals surface area (Å²) in [6.45, 7) is 5.58. The second-order valence-electron chi connectivity index (χ2n) is 6.82. The molecule has 0 unspecified atom stereocenters. The summed E-state index contributed by atoms with van der Waals surface area (Å²) in [5.41, 5.74) is 5.24. The van der Waals surface area contributed by atoms with Crippen LogP contribution in [0.15, 0.2) is 60.0 Å². The van der Waals surface area contributed by atoms with Crippen LogP contribution in [0.3, 0.4) is 0 Å². The SMILES string of the molecule is Cc1cccc(/C=C(/C(=O)OCC(=O)Nc2cccc(C)c2C)c2cccs2)c1. The molecule has 5 heteroatoms. The van der Waals surface area contributed by atoms with E-state index in [0.29, 0.717) is 5.57 Å². The Morgan fingerprint density at radius 1 is 1.03 bits per heavy atom. The standard InChI is InChI=1S/C24H23NO3S/c1-16-7-4-9-19(13-16)14-20(22-11-6-12-29-22)24(27)28-15-23(26)25-21-10-5-8-17(2)18(21)3/h4-14H,15H2,1-3H3,(H,25,26)/b20-14+. The summed E-state index contributed by atoms with van der Waals surface area (Å²) in [6, 6.07) is 17.3. The maximum Gasteiger partial charge on any atom is 0.340 e. The molecule has 0 aliphatic rings. The van der Waals surface area contributed by atoms with Gasteiger partial charge in [-0.3, -0.25) is 4.79 Å². The van der Waals surface area contributed by atoms with Crippen LogP contribution in [0.5, 0.6) is 0 Å². The molecule has 0 bridgehead atoms. The molecule has 0 radical (unpaired) electrons. The largest absolute Gasteiger partial charge is 0.452 e. The summed E-state index contributed by atoms with van der Waals surface area (Å²) in [7, 11) is 0. The van der Waals surface area contributed by atoms with Gasteiger partial charge in [-0.25, -0.2) is 4.79 Å². The zero-order chi connectivity index (χ0) is 20.8. The lowest BCUT2D eigenvalue weighted by Crippen LogP contribution is -2.21. The number of rotatable bonds is 6. The van der Waals surface area contributed by atoms with E-state index in [1.54, 1.807) is 6.08 Å². The molecule has 0 aliphatic carbocycles. The molecule has 0 fully saturated rings. The molecule has 1 amide bonds. The number of anilines is 1. The quantitative estimate of drug-likeness (QED) is 0.441. The third kappa shape index (κ3) is 5.42. The zero-order valence-corrected chi connectivity index (χ0v) is 17.5. The number of hydrogen-bond acceptors (Lipinski definition) is 4. The number of thiophene rings is 1. The normalized spacial score (nSPS) is 11.2. The average molecular weight is 406 g/mol. The third-order valence-electron chi connectivity index (χ3n) is 4.57. The molecule has 148 valence electrons. The van der Waals surface area contributed by atoms with Gasteiger partial charge in [0.1, 0.15) is 0 Å². The second kappa shape index (κ2) is 9.34. The van der Waals surface area contributed by atoms with E-state index in [-0.39, 0.29) is 12.5 Å². The molecule has 3 rings (SSSR count). The predicted molar refractivity (Wildman–Crippen MR) is 119 cm³/mol. The molecular weight excluding hydrogens is 382 g/mol. The van der Waals surface area contributed by atoms with E-state index < -0.39 is 5.97 Å². The van der Waals surface area contributed by atoms with Gasteiger partial charge in [0.05, 0.1) is 5.57 Å². The van der Waals surface area contributed by atoms with Crippen LogP contribution in [0, 0.1) is 20.8 Å². The number of hydrogen-bond donors (Lipinski definition) is 1. The zero-order valence-electron chi connectivity index (χ0n) is 16.7. The monoisotopic (exact) mass is 405 g/mol. The highest BCUT2D eigenvalue weighted by molar-refractivity contribution is 7.11. The summed E-state index contributed by atoms with van der Waals surface area (Å²) < 4.78 is 5.32. The molecule has 0 aliphatic heterocycles. The van der Waals surface area contributed by atoms with E-state index in [0.717, 1.165) is 32.8 Å². The Kier molecular flexibility index (Phi) is 6.62. The first kappa shape index (κ1) is 20.6. The number of aryl methyl sites for hydroxylation is 2. The number of esters is 1. The van der Waals surface area contributed by atoms with Crippen molar-refractivity contribution in [1.82, 2.24) is 0 Å². The lowest BCUT2D eigenvalue weighted by atomic mass is 10.1. The minimum Gasteiger partial charge on any atom is -0.452 e. The van der Waals surface area contributed by atoms with E-state index in [1.165, 1.54) is 11.3 Å². The fourth-order valence-electron chi connectivity index (χ4n) is 2.87. The van der Waals surface area contributed by atoms with E-state index in [1.807, 2.05) is 80.7 Å². The van der Waals surface area contributed by atoms with Crippen molar-refractivity contribution in [2.75, 3.05) is 11.9 Å². The van der Waals surface area contributed by atoms with Gasteiger partial charge in [-0.2, -0.15) is 0 Å². The number of ether oxygens (including phenoxy) is 1. The van der Waals surface area contributed by atoms with Gasteiger partial charge in [0.25, 0.3) is 5.91 Å². The van der Waals surface area contributed by atoms with Gasteiger partial charge in [-0.15, -0.1) is 11.3 Å². The second-order valence-corrected chi connectivity index (χ2v) is 7.77. The number of amides is 1. The molecule has 29 heavy (non-hydrogen) atoms. The van der Waals surface area contributed by atoms with Crippen LogP contribution in [0.4, 0.5) is 5.69 Å². The van der Waals surface area contributed by atoms with Gasteiger partial charge in [-0.05, 0) is 61.1 Å². The molecule has 0 atom stereocenters. The van der Waals surface area contributed by atoms with E-state index in [2.05, 4.69) is 5.32 Å².